The highest BCUT2D eigenvalue weighted by molar-refractivity contribution is 5.89. The minimum atomic E-state index is -2.27. The monoisotopic (exact) mass is 487 g/mol. The molecule has 0 aliphatic carbocycles. The molecule has 34 heavy (non-hydrogen) atoms. The molecule has 3 aliphatic rings. The number of aliphatic hydroxyl groups excluding tert-OH is 2. The SMILES string of the molecule is C/C=C1/C[C@@H](C)[C@@](C)(O)C(=O)OC[C@H]2CCN3CC[C@@H](OC1=O)[C@@H]23.O=C(O)C(O)C(O)C(=O)O. The number of allylic oxidation sites excluding steroid dienone is 1. The first-order valence-electron chi connectivity index (χ1n) is 11.1. The van der Waals surface area contributed by atoms with Gasteiger partial charge in [0.2, 0.25) is 0 Å². The quantitative estimate of drug-likeness (QED) is 0.245. The first-order chi connectivity index (χ1) is 15.8. The zero-order chi connectivity index (χ0) is 25.8. The highest BCUT2D eigenvalue weighted by atomic mass is 16.6. The molecule has 0 aromatic heterocycles. The van der Waals surface area contributed by atoms with E-state index in [-0.39, 0.29) is 37.1 Å². The van der Waals surface area contributed by atoms with Crippen molar-refractivity contribution in [1.82, 2.24) is 4.90 Å². The van der Waals surface area contributed by atoms with Gasteiger partial charge in [0.15, 0.2) is 17.8 Å². The van der Waals surface area contributed by atoms with E-state index in [9.17, 15) is 24.3 Å². The van der Waals surface area contributed by atoms with Gasteiger partial charge < -0.3 is 35.0 Å². The number of carboxylic acid groups (broad SMARTS) is 2. The number of nitrogens with zero attached hydrogens (tertiary/aromatic N) is 1. The number of aliphatic carboxylic acids is 2. The molecule has 0 aromatic rings. The van der Waals surface area contributed by atoms with Crippen LogP contribution in [-0.2, 0) is 28.7 Å². The van der Waals surface area contributed by atoms with Crippen LogP contribution in [0.1, 0.15) is 40.0 Å². The molecule has 12 heteroatoms. The number of carboxylic acids is 2. The van der Waals surface area contributed by atoms with Crippen LogP contribution in [-0.4, -0.2) is 104 Å². The van der Waals surface area contributed by atoms with Crippen LogP contribution >= 0.6 is 0 Å². The fourth-order valence-corrected chi connectivity index (χ4v) is 4.38. The number of cyclic esters (lactones) is 1. The molecular weight excluding hydrogens is 454 g/mol. The van der Waals surface area contributed by atoms with Crippen molar-refractivity contribution < 1.29 is 54.2 Å². The first-order valence-corrected chi connectivity index (χ1v) is 11.1. The van der Waals surface area contributed by atoms with Crippen molar-refractivity contribution in [2.24, 2.45) is 11.8 Å². The maximum atomic E-state index is 12.6. The number of carbonyl (C=O) groups excluding carboxylic acids is 2. The van der Waals surface area contributed by atoms with Crippen LogP contribution in [0.3, 0.4) is 0 Å². The van der Waals surface area contributed by atoms with Gasteiger partial charge in [-0.3, -0.25) is 4.90 Å². The summed E-state index contributed by atoms with van der Waals surface area (Å²) in [7, 11) is 0. The Bertz CT molecular complexity index is 806. The second-order valence-electron chi connectivity index (χ2n) is 9.04. The number of hydrogen-bond donors (Lipinski definition) is 5. The van der Waals surface area contributed by atoms with Crippen molar-refractivity contribution in [3.8, 4) is 0 Å². The Balaban J connectivity index is 0.000000347. The van der Waals surface area contributed by atoms with Crippen LogP contribution in [0.4, 0.5) is 0 Å². The minimum Gasteiger partial charge on any atom is -0.479 e. The van der Waals surface area contributed by atoms with Gasteiger partial charge in [-0.05, 0) is 45.6 Å². The molecule has 0 aromatic carbocycles. The zero-order valence-corrected chi connectivity index (χ0v) is 19.4. The van der Waals surface area contributed by atoms with Crippen molar-refractivity contribution in [3.63, 3.8) is 0 Å². The smallest absolute Gasteiger partial charge is 0.338 e. The molecule has 192 valence electrons. The molecule has 3 heterocycles. The predicted octanol–water partition coefficient (Wildman–Crippen LogP) is -0.850. The second-order valence-corrected chi connectivity index (χ2v) is 9.04. The summed E-state index contributed by atoms with van der Waals surface area (Å²) in [5, 5.41) is 43.1. The van der Waals surface area contributed by atoms with Crippen LogP contribution in [0.5, 0.6) is 0 Å². The molecule has 0 radical (unpaired) electrons. The van der Waals surface area contributed by atoms with Crippen molar-refractivity contribution in [2.45, 2.75) is 70.0 Å². The Morgan fingerprint density at radius 3 is 2.21 bits per heavy atom. The number of carbonyl (C=O) groups is 4. The third kappa shape index (κ3) is 6.12. The summed E-state index contributed by atoms with van der Waals surface area (Å²) in [6.07, 6.45) is -0.943. The van der Waals surface area contributed by atoms with Crippen LogP contribution in [0, 0.1) is 11.8 Å². The van der Waals surface area contributed by atoms with E-state index in [1.54, 1.807) is 19.9 Å². The molecule has 0 bridgehead atoms. The number of esters is 2. The normalized spacial score (nSPS) is 34.9. The van der Waals surface area contributed by atoms with Gasteiger partial charge in [-0.25, -0.2) is 19.2 Å². The summed E-state index contributed by atoms with van der Waals surface area (Å²) in [5.41, 5.74) is -1.12. The molecule has 3 saturated heterocycles. The molecule has 5 N–H and O–H groups in total. The second kappa shape index (κ2) is 11.3. The van der Waals surface area contributed by atoms with Gasteiger partial charge in [-0.2, -0.15) is 0 Å². The van der Waals surface area contributed by atoms with Crippen LogP contribution in [0.15, 0.2) is 11.6 Å². The Labute approximate surface area is 196 Å². The Morgan fingerprint density at radius 1 is 1.12 bits per heavy atom. The topological polar surface area (TPSA) is 191 Å². The third-order valence-corrected chi connectivity index (χ3v) is 6.78. The summed E-state index contributed by atoms with van der Waals surface area (Å²) in [6, 6.07) is 0.113. The van der Waals surface area contributed by atoms with Gasteiger partial charge in [0.25, 0.3) is 0 Å². The van der Waals surface area contributed by atoms with E-state index < -0.39 is 41.6 Å². The molecule has 3 rings (SSSR count). The standard InChI is InChI=1S/C18H27NO5.C4H6O6/c1-4-12-9-11(2)18(3,22)17(21)23-10-13-5-7-19-8-6-14(15(13)19)24-16(12)20;5-1(3(7)8)2(6)4(9)10/h4,11,13-15,22H,5-10H2,1-3H3;1-2,5-6H,(H,7,8)(H,9,10)/b12-4-;/t11-,13-,14-,15-,18-;/m1./s1. The summed E-state index contributed by atoms with van der Waals surface area (Å²) < 4.78 is 11.3. The molecule has 7 atom stereocenters. The van der Waals surface area contributed by atoms with E-state index in [2.05, 4.69) is 4.90 Å². The number of hydrogen-bond acceptors (Lipinski definition) is 10. The molecule has 3 aliphatic heterocycles. The lowest BCUT2D eigenvalue weighted by Crippen LogP contribution is -2.46. The highest BCUT2D eigenvalue weighted by Crippen LogP contribution is 2.36. The van der Waals surface area contributed by atoms with Crippen LogP contribution in [0.25, 0.3) is 0 Å². The van der Waals surface area contributed by atoms with E-state index in [0.717, 1.165) is 25.9 Å². The van der Waals surface area contributed by atoms with Crippen LogP contribution < -0.4 is 0 Å². The lowest BCUT2D eigenvalue weighted by molar-refractivity contribution is -0.172. The van der Waals surface area contributed by atoms with Gasteiger partial charge in [-0.1, -0.05) is 13.0 Å². The fraction of sp³-hybridized carbons (Fsp3) is 0.727. The molecule has 0 spiro atoms. The van der Waals surface area contributed by atoms with Gasteiger partial charge in [-0.15, -0.1) is 0 Å². The molecule has 0 amide bonds. The maximum Gasteiger partial charge on any atom is 0.338 e. The molecule has 0 saturated carbocycles. The fourth-order valence-electron chi connectivity index (χ4n) is 4.38. The van der Waals surface area contributed by atoms with Crippen molar-refractivity contribution in [2.75, 3.05) is 19.7 Å². The maximum absolute atomic E-state index is 12.6. The van der Waals surface area contributed by atoms with E-state index in [1.807, 2.05) is 0 Å². The zero-order valence-electron chi connectivity index (χ0n) is 19.4. The Hall–Kier alpha value is -2.54. The van der Waals surface area contributed by atoms with Crippen LogP contribution in [0.2, 0.25) is 0 Å². The van der Waals surface area contributed by atoms with E-state index >= 15 is 0 Å². The molecular formula is C22H33NO11. The number of aliphatic hydroxyl groups is 3. The largest absolute Gasteiger partial charge is 0.479 e. The van der Waals surface area contributed by atoms with Crippen molar-refractivity contribution in [1.29, 1.82) is 0 Å². The summed E-state index contributed by atoms with van der Waals surface area (Å²) in [5.74, 6) is -4.76. The average molecular weight is 488 g/mol. The van der Waals surface area contributed by atoms with Crippen molar-refractivity contribution in [3.05, 3.63) is 11.6 Å². The van der Waals surface area contributed by atoms with Gasteiger partial charge in [0.1, 0.15) is 6.10 Å². The van der Waals surface area contributed by atoms with Gasteiger partial charge >= 0.3 is 23.9 Å². The summed E-state index contributed by atoms with van der Waals surface area (Å²) in [4.78, 5) is 46.8. The Morgan fingerprint density at radius 2 is 1.68 bits per heavy atom. The van der Waals surface area contributed by atoms with Gasteiger partial charge in [0.05, 0.1) is 12.6 Å². The molecule has 12 nitrogen and oxygen atoms in total. The number of ether oxygens (including phenoxy) is 2. The average Bonchev–Trinajstić information content (AvgIpc) is 3.36. The van der Waals surface area contributed by atoms with E-state index in [0.29, 0.717) is 5.57 Å². The van der Waals surface area contributed by atoms with Crippen molar-refractivity contribution >= 4 is 23.9 Å². The predicted molar refractivity (Wildman–Crippen MR) is 114 cm³/mol. The van der Waals surface area contributed by atoms with Gasteiger partial charge in [0, 0.05) is 18.0 Å². The minimum absolute atomic E-state index is 0.113. The molecule has 3 fully saturated rings. The van der Waals surface area contributed by atoms with E-state index in [1.165, 1.54) is 6.92 Å². The lowest BCUT2D eigenvalue weighted by atomic mass is 9.85. The highest BCUT2D eigenvalue weighted by Gasteiger charge is 2.48. The summed E-state index contributed by atoms with van der Waals surface area (Å²) in [6.45, 7) is 7.11. The summed E-state index contributed by atoms with van der Waals surface area (Å²) >= 11 is 0. The van der Waals surface area contributed by atoms with E-state index in [4.69, 9.17) is 29.9 Å². The first kappa shape index (κ1) is 27.7. The molecule has 2 unspecified atom stereocenters. The third-order valence-electron chi connectivity index (χ3n) is 6.78. The Kier molecular flexibility index (Phi) is 9.17. The lowest BCUT2D eigenvalue weighted by Gasteiger charge is -2.32. The number of rotatable bonds is 3.